The van der Waals surface area contributed by atoms with E-state index < -0.39 is 4.92 Å². The van der Waals surface area contributed by atoms with Crippen LogP contribution in [0.1, 0.15) is 5.69 Å². The zero-order valence-corrected chi connectivity index (χ0v) is 8.36. The lowest BCUT2D eigenvalue weighted by Crippen LogP contribution is -2.51. The highest BCUT2D eigenvalue weighted by Crippen LogP contribution is 2.18. The Morgan fingerprint density at radius 3 is 2.80 bits per heavy atom. The van der Waals surface area contributed by atoms with Gasteiger partial charge in [0.25, 0.3) is 5.69 Å². The average molecular weight is 208 g/mol. The lowest BCUT2D eigenvalue weighted by molar-refractivity contribution is -0.385. The van der Waals surface area contributed by atoms with E-state index in [0.717, 1.165) is 13.1 Å². The van der Waals surface area contributed by atoms with Gasteiger partial charge in [0.15, 0.2) is 0 Å². The molecule has 15 heavy (non-hydrogen) atoms. The van der Waals surface area contributed by atoms with Gasteiger partial charge in [0, 0.05) is 19.2 Å². The van der Waals surface area contributed by atoms with Crippen molar-refractivity contribution >= 4 is 11.5 Å². The summed E-state index contributed by atoms with van der Waals surface area (Å²) in [4.78, 5) is 14.3. The van der Waals surface area contributed by atoms with Crippen molar-refractivity contribution in [3.8, 4) is 0 Å². The topological polar surface area (TPSA) is 80.1 Å². The van der Waals surface area contributed by atoms with Crippen molar-refractivity contribution in [2.24, 2.45) is 0 Å². The maximum absolute atomic E-state index is 10.6. The van der Waals surface area contributed by atoms with Crippen LogP contribution in [0.5, 0.6) is 0 Å². The van der Waals surface area contributed by atoms with Gasteiger partial charge in [0.2, 0.25) is 0 Å². The van der Waals surface area contributed by atoms with Crippen LogP contribution in [0.4, 0.5) is 11.5 Å². The summed E-state index contributed by atoms with van der Waals surface area (Å²) in [6.45, 7) is 3.47. The molecule has 1 saturated heterocycles. The van der Waals surface area contributed by atoms with Crippen LogP contribution < -0.4 is 10.6 Å². The summed E-state index contributed by atoms with van der Waals surface area (Å²) in [7, 11) is 0. The van der Waals surface area contributed by atoms with Gasteiger partial charge in [-0.2, -0.15) is 0 Å². The van der Waals surface area contributed by atoms with Crippen LogP contribution in [-0.4, -0.2) is 29.0 Å². The fourth-order valence-corrected chi connectivity index (χ4v) is 1.43. The lowest BCUT2D eigenvalue weighted by atomic mass is 10.2. The fourth-order valence-electron chi connectivity index (χ4n) is 1.43. The molecule has 1 aliphatic heterocycles. The van der Waals surface area contributed by atoms with Gasteiger partial charge in [-0.25, -0.2) is 4.98 Å². The Morgan fingerprint density at radius 2 is 2.33 bits per heavy atom. The molecule has 0 saturated carbocycles. The van der Waals surface area contributed by atoms with Crippen molar-refractivity contribution in [1.29, 1.82) is 0 Å². The molecule has 0 unspecified atom stereocenters. The molecule has 0 radical (unpaired) electrons. The molecule has 2 rings (SSSR count). The summed E-state index contributed by atoms with van der Waals surface area (Å²) in [6.07, 6.45) is 0. The molecule has 1 aromatic heterocycles. The van der Waals surface area contributed by atoms with E-state index in [1.165, 1.54) is 6.07 Å². The first-order chi connectivity index (χ1) is 7.16. The molecule has 80 valence electrons. The molecule has 0 bridgehead atoms. The van der Waals surface area contributed by atoms with Crippen LogP contribution in [0, 0.1) is 17.0 Å². The van der Waals surface area contributed by atoms with Gasteiger partial charge < -0.3 is 10.6 Å². The Labute approximate surface area is 86.9 Å². The van der Waals surface area contributed by atoms with Gasteiger partial charge in [-0.05, 0) is 13.0 Å². The molecule has 2 N–H and O–H groups in total. The summed E-state index contributed by atoms with van der Waals surface area (Å²) < 4.78 is 0. The number of nitro groups is 1. The van der Waals surface area contributed by atoms with Crippen LogP contribution >= 0.6 is 0 Å². The zero-order valence-electron chi connectivity index (χ0n) is 8.36. The molecule has 0 amide bonds. The first-order valence-electron chi connectivity index (χ1n) is 4.76. The minimum atomic E-state index is -0.420. The SMILES string of the molecule is Cc1nc(NC2CNC2)ccc1[N+](=O)[O-]. The van der Waals surface area contributed by atoms with Crippen LogP contribution in [0.25, 0.3) is 0 Å². The van der Waals surface area contributed by atoms with E-state index in [1.54, 1.807) is 13.0 Å². The summed E-state index contributed by atoms with van der Waals surface area (Å²) in [5.41, 5.74) is 0.504. The third-order valence-electron chi connectivity index (χ3n) is 2.39. The molecule has 1 aliphatic rings. The number of pyridine rings is 1. The number of hydrogen-bond donors (Lipinski definition) is 2. The Bertz CT molecular complexity index is 390. The van der Waals surface area contributed by atoms with E-state index in [1.807, 2.05) is 0 Å². The third kappa shape index (κ3) is 2.04. The second-order valence-corrected chi connectivity index (χ2v) is 3.56. The quantitative estimate of drug-likeness (QED) is 0.564. The molecular weight excluding hydrogens is 196 g/mol. The molecule has 0 atom stereocenters. The largest absolute Gasteiger partial charge is 0.365 e. The lowest BCUT2D eigenvalue weighted by Gasteiger charge is -2.28. The summed E-state index contributed by atoms with van der Waals surface area (Å²) in [5, 5.41) is 16.9. The second kappa shape index (κ2) is 3.82. The first kappa shape index (κ1) is 9.85. The van der Waals surface area contributed by atoms with Gasteiger partial charge in [0.1, 0.15) is 11.5 Å². The molecule has 2 heterocycles. The Kier molecular flexibility index (Phi) is 2.51. The number of aryl methyl sites for hydroxylation is 1. The van der Waals surface area contributed by atoms with Crippen molar-refractivity contribution < 1.29 is 4.92 Å². The average Bonchev–Trinajstić information content (AvgIpc) is 2.11. The van der Waals surface area contributed by atoms with Gasteiger partial charge >= 0.3 is 0 Å². The maximum Gasteiger partial charge on any atom is 0.290 e. The Balaban J connectivity index is 2.13. The summed E-state index contributed by atoms with van der Waals surface area (Å²) in [6, 6.07) is 3.51. The normalized spacial score (nSPS) is 15.8. The third-order valence-corrected chi connectivity index (χ3v) is 2.39. The highest BCUT2D eigenvalue weighted by atomic mass is 16.6. The molecule has 6 nitrogen and oxygen atoms in total. The minimum Gasteiger partial charge on any atom is -0.365 e. The monoisotopic (exact) mass is 208 g/mol. The van der Waals surface area contributed by atoms with E-state index in [2.05, 4.69) is 15.6 Å². The number of aromatic nitrogens is 1. The van der Waals surface area contributed by atoms with E-state index in [0.29, 0.717) is 17.6 Å². The van der Waals surface area contributed by atoms with Crippen LogP contribution in [0.2, 0.25) is 0 Å². The van der Waals surface area contributed by atoms with Crippen LogP contribution in [0.15, 0.2) is 12.1 Å². The number of nitrogens with zero attached hydrogens (tertiary/aromatic N) is 2. The van der Waals surface area contributed by atoms with E-state index >= 15 is 0 Å². The zero-order chi connectivity index (χ0) is 10.8. The Hall–Kier alpha value is -1.69. The minimum absolute atomic E-state index is 0.0623. The second-order valence-electron chi connectivity index (χ2n) is 3.56. The molecule has 1 aromatic rings. The number of nitrogens with one attached hydrogen (secondary N) is 2. The van der Waals surface area contributed by atoms with Crippen molar-refractivity contribution in [2.75, 3.05) is 18.4 Å². The highest BCUT2D eigenvalue weighted by Gasteiger charge is 2.18. The van der Waals surface area contributed by atoms with Gasteiger partial charge in [-0.15, -0.1) is 0 Å². The molecule has 0 aliphatic carbocycles. The maximum atomic E-state index is 10.6. The van der Waals surface area contributed by atoms with Crippen molar-refractivity contribution in [1.82, 2.24) is 10.3 Å². The van der Waals surface area contributed by atoms with Crippen molar-refractivity contribution in [3.05, 3.63) is 27.9 Å². The van der Waals surface area contributed by atoms with Crippen LogP contribution in [-0.2, 0) is 0 Å². The predicted molar refractivity (Wildman–Crippen MR) is 55.9 cm³/mol. The smallest absolute Gasteiger partial charge is 0.290 e. The molecule has 0 aromatic carbocycles. The molecule has 1 fully saturated rings. The summed E-state index contributed by atoms with van der Waals surface area (Å²) >= 11 is 0. The molecule has 6 heteroatoms. The number of hydrogen-bond acceptors (Lipinski definition) is 5. The fraction of sp³-hybridized carbons (Fsp3) is 0.444. The van der Waals surface area contributed by atoms with Gasteiger partial charge in [-0.1, -0.05) is 0 Å². The highest BCUT2D eigenvalue weighted by molar-refractivity contribution is 5.45. The van der Waals surface area contributed by atoms with Crippen molar-refractivity contribution in [3.63, 3.8) is 0 Å². The molecular formula is C9H12N4O2. The Morgan fingerprint density at radius 1 is 1.60 bits per heavy atom. The molecule has 0 spiro atoms. The van der Waals surface area contributed by atoms with Crippen molar-refractivity contribution in [2.45, 2.75) is 13.0 Å². The van der Waals surface area contributed by atoms with Gasteiger partial charge in [-0.3, -0.25) is 10.1 Å². The van der Waals surface area contributed by atoms with E-state index in [9.17, 15) is 10.1 Å². The first-order valence-corrected chi connectivity index (χ1v) is 4.76. The number of anilines is 1. The van der Waals surface area contributed by atoms with E-state index in [-0.39, 0.29) is 5.69 Å². The van der Waals surface area contributed by atoms with Crippen LogP contribution in [0.3, 0.4) is 0 Å². The predicted octanol–water partition coefficient (Wildman–Crippen LogP) is 0.682. The van der Waals surface area contributed by atoms with E-state index in [4.69, 9.17) is 0 Å². The standard InChI is InChI=1S/C9H12N4O2/c1-6-8(13(14)15)2-3-9(11-6)12-7-4-10-5-7/h2-3,7,10H,4-5H2,1H3,(H,11,12). The van der Waals surface area contributed by atoms with Gasteiger partial charge in [0.05, 0.1) is 11.0 Å². The number of rotatable bonds is 3. The summed E-state index contributed by atoms with van der Waals surface area (Å²) in [5.74, 6) is 0.699.